The van der Waals surface area contributed by atoms with Crippen molar-refractivity contribution in [2.45, 2.75) is 43.9 Å². The summed E-state index contributed by atoms with van der Waals surface area (Å²) in [6.45, 7) is 0.125. The largest absolute Gasteiger partial charge is 0.506 e. The van der Waals surface area contributed by atoms with Crippen LogP contribution >= 0.6 is 0 Å². The van der Waals surface area contributed by atoms with Crippen LogP contribution in [0.1, 0.15) is 36.9 Å². The quantitative estimate of drug-likeness (QED) is 0.858. The lowest BCUT2D eigenvalue weighted by Crippen LogP contribution is -2.38. The Morgan fingerprint density at radius 2 is 2.00 bits per heavy atom. The van der Waals surface area contributed by atoms with E-state index in [0.717, 1.165) is 0 Å². The van der Waals surface area contributed by atoms with Gasteiger partial charge in [-0.25, -0.2) is 9.18 Å². The first-order valence-corrected chi connectivity index (χ1v) is 8.90. The van der Waals surface area contributed by atoms with E-state index in [-0.39, 0.29) is 24.2 Å². The van der Waals surface area contributed by atoms with E-state index in [0.29, 0.717) is 36.9 Å². The second-order valence-corrected chi connectivity index (χ2v) is 6.96. The first-order chi connectivity index (χ1) is 12.9. The molecule has 2 aromatic rings. The Balaban J connectivity index is 1.53. The number of carbonyl (C=O) groups is 1. The van der Waals surface area contributed by atoms with Crippen molar-refractivity contribution in [2.24, 2.45) is 0 Å². The number of carbonyl (C=O) groups excluding carboxylic acids is 1. The van der Waals surface area contributed by atoms with Crippen LogP contribution in [-0.4, -0.2) is 39.3 Å². The van der Waals surface area contributed by atoms with Crippen molar-refractivity contribution in [1.29, 1.82) is 0 Å². The van der Waals surface area contributed by atoms with Gasteiger partial charge in [0.05, 0.1) is 18.4 Å². The molecule has 0 spiro atoms. The number of pyridine rings is 1. The third-order valence-electron chi connectivity index (χ3n) is 4.93. The zero-order valence-electron chi connectivity index (χ0n) is 15.1. The molecule has 0 bridgehead atoms. The summed E-state index contributed by atoms with van der Waals surface area (Å²) in [5.41, 5.74) is -0.162. The van der Waals surface area contributed by atoms with Crippen LogP contribution in [0.4, 0.5) is 9.18 Å². The highest BCUT2D eigenvalue weighted by molar-refractivity contribution is 5.67. The summed E-state index contributed by atoms with van der Waals surface area (Å²) in [5.74, 6) is -0.316. The van der Waals surface area contributed by atoms with Gasteiger partial charge < -0.3 is 19.8 Å². The van der Waals surface area contributed by atoms with Gasteiger partial charge >= 0.3 is 6.09 Å². The number of halogens is 1. The highest BCUT2D eigenvalue weighted by atomic mass is 19.1. The molecule has 0 radical (unpaired) electrons. The Hall–Kier alpha value is -2.67. The summed E-state index contributed by atoms with van der Waals surface area (Å²) in [6, 6.07) is 9.40. The van der Waals surface area contributed by atoms with Gasteiger partial charge in [0.2, 0.25) is 0 Å². The Kier molecular flexibility index (Phi) is 5.60. The van der Waals surface area contributed by atoms with E-state index in [2.05, 4.69) is 4.98 Å². The molecule has 1 fully saturated rings. The zero-order valence-corrected chi connectivity index (χ0v) is 15.1. The van der Waals surface area contributed by atoms with Crippen molar-refractivity contribution in [3.05, 3.63) is 59.7 Å². The molecular formula is C20H23FN2O4. The van der Waals surface area contributed by atoms with Crippen LogP contribution in [0, 0.1) is 5.82 Å². The molecule has 0 saturated heterocycles. The first-order valence-electron chi connectivity index (χ1n) is 8.90. The van der Waals surface area contributed by atoms with Crippen LogP contribution in [0.25, 0.3) is 0 Å². The van der Waals surface area contributed by atoms with E-state index in [1.54, 1.807) is 31.3 Å². The van der Waals surface area contributed by atoms with Gasteiger partial charge in [-0.15, -0.1) is 0 Å². The number of ether oxygens (including phenoxy) is 1. The van der Waals surface area contributed by atoms with Crippen LogP contribution in [0.15, 0.2) is 42.6 Å². The lowest BCUT2D eigenvalue weighted by molar-refractivity contribution is -0.0473. The molecule has 1 aliphatic carbocycles. The lowest BCUT2D eigenvalue weighted by atomic mass is 9.81. The molecule has 0 atom stereocenters. The average molecular weight is 374 g/mol. The second kappa shape index (κ2) is 7.92. The predicted molar refractivity (Wildman–Crippen MR) is 96.4 cm³/mol. The minimum absolute atomic E-state index is 0.0443. The number of aliphatic hydroxyl groups is 1. The maximum absolute atomic E-state index is 13.7. The summed E-state index contributed by atoms with van der Waals surface area (Å²) in [6.07, 6.45) is 2.28. The fourth-order valence-electron chi connectivity index (χ4n) is 3.28. The molecule has 1 aliphatic rings. The number of amides is 1. The van der Waals surface area contributed by atoms with E-state index in [4.69, 9.17) is 4.74 Å². The molecule has 27 heavy (non-hydrogen) atoms. The SMILES string of the molecule is CN(Cc1ccccc1F)C(=O)OC1CCC(O)(c2ccc(O)cn2)CC1. The smallest absolute Gasteiger partial charge is 0.410 e. The number of rotatable bonds is 4. The monoisotopic (exact) mass is 374 g/mol. The fourth-order valence-corrected chi connectivity index (χ4v) is 3.28. The van der Waals surface area contributed by atoms with Crippen LogP contribution in [0.2, 0.25) is 0 Å². The third kappa shape index (κ3) is 4.54. The number of hydrogen-bond acceptors (Lipinski definition) is 5. The maximum Gasteiger partial charge on any atom is 0.410 e. The number of nitrogens with zero attached hydrogens (tertiary/aromatic N) is 2. The van der Waals surface area contributed by atoms with Gasteiger partial charge in [-0.05, 0) is 43.9 Å². The zero-order chi connectivity index (χ0) is 19.4. The van der Waals surface area contributed by atoms with Gasteiger partial charge in [-0.3, -0.25) is 4.98 Å². The summed E-state index contributed by atoms with van der Waals surface area (Å²) in [4.78, 5) is 17.7. The molecule has 0 unspecified atom stereocenters. The van der Waals surface area contributed by atoms with Crippen molar-refractivity contribution in [1.82, 2.24) is 9.88 Å². The van der Waals surface area contributed by atoms with Gasteiger partial charge in [-0.1, -0.05) is 18.2 Å². The number of aromatic hydroxyl groups is 1. The molecule has 144 valence electrons. The lowest BCUT2D eigenvalue weighted by Gasteiger charge is -2.35. The van der Waals surface area contributed by atoms with Crippen LogP contribution < -0.4 is 0 Å². The maximum atomic E-state index is 13.7. The van der Waals surface area contributed by atoms with Crippen LogP contribution in [0.3, 0.4) is 0 Å². The highest BCUT2D eigenvalue weighted by Crippen LogP contribution is 2.37. The Bertz CT molecular complexity index is 789. The van der Waals surface area contributed by atoms with Gasteiger partial charge in [-0.2, -0.15) is 0 Å². The summed E-state index contributed by atoms with van der Waals surface area (Å²) >= 11 is 0. The van der Waals surface area contributed by atoms with E-state index >= 15 is 0 Å². The van der Waals surface area contributed by atoms with E-state index < -0.39 is 11.7 Å². The Labute approximate surface area is 157 Å². The molecular weight excluding hydrogens is 351 g/mol. The number of hydrogen-bond donors (Lipinski definition) is 2. The molecule has 1 amide bonds. The van der Waals surface area contributed by atoms with Crippen molar-refractivity contribution in [3.63, 3.8) is 0 Å². The van der Waals surface area contributed by atoms with Crippen LogP contribution in [-0.2, 0) is 16.9 Å². The van der Waals surface area contributed by atoms with E-state index in [9.17, 15) is 19.4 Å². The molecule has 6 nitrogen and oxygen atoms in total. The summed E-state index contributed by atoms with van der Waals surface area (Å²) < 4.78 is 19.2. The summed E-state index contributed by atoms with van der Waals surface area (Å²) in [7, 11) is 1.56. The van der Waals surface area contributed by atoms with E-state index in [1.807, 2.05) is 0 Å². The molecule has 3 rings (SSSR count). The van der Waals surface area contributed by atoms with E-state index in [1.165, 1.54) is 23.2 Å². The van der Waals surface area contributed by atoms with Crippen molar-refractivity contribution < 1.29 is 24.1 Å². The van der Waals surface area contributed by atoms with Gasteiger partial charge in [0.25, 0.3) is 0 Å². The summed E-state index contributed by atoms with van der Waals surface area (Å²) in [5, 5.41) is 20.1. The topological polar surface area (TPSA) is 82.9 Å². The molecule has 1 heterocycles. The van der Waals surface area contributed by atoms with Gasteiger partial charge in [0.1, 0.15) is 23.3 Å². The van der Waals surface area contributed by atoms with Crippen molar-refractivity contribution in [2.75, 3.05) is 7.05 Å². The third-order valence-corrected chi connectivity index (χ3v) is 4.93. The minimum Gasteiger partial charge on any atom is -0.506 e. The molecule has 1 aromatic carbocycles. The predicted octanol–water partition coefficient (Wildman–Crippen LogP) is 3.33. The molecule has 1 saturated carbocycles. The standard InChI is InChI=1S/C20H23FN2O4/c1-23(13-14-4-2-3-5-17(14)21)19(25)27-16-8-10-20(26,11-9-16)18-7-6-15(24)12-22-18/h2-7,12,16,24,26H,8-11,13H2,1H3. The molecule has 1 aromatic heterocycles. The van der Waals surface area contributed by atoms with Gasteiger partial charge in [0.15, 0.2) is 0 Å². The molecule has 7 heteroatoms. The normalized spacial score (nSPS) is 22.3. The van der Waals surface area contributed by atoms with Crippen molar-refractivity contribution in [3.8, 4) is 5.75 Å². The first kappa shape index (κ1) is 19.1. The minimum atomic E-state index is -1.09. The molecule has 2 N–H and O–H groups in total. The molecule has 0 aliphatic heterocycles. The number of aromatic nitrogens is 1. The second-order valence-electron chi connectivity index (χ2n) is 6.96. The highest BCUT2D eigenvalue weighted by Gasteiger charge is 2.37. The van der Waals surface area contributed by atoms with Crippen LogP contribution in [0.5, 0.6) is 5.75 Å². The Morgan fingerprint density at radius 3 is 2.63 bits per heavy atom. The van der Waals surface area contributed by atoms with Crippen molar-refractivity contribution >= 4 is 6.09 Å². The van der Waals surface area contributed by atoms with Gasteiger partial charge in [0, 0.05) is 12.6 Å². The Morgan fingerprint density at radius 1 is 1.30 bits per heavy atom. The number of benzene rings is 1. The fraction of sp³-hybridized carbons (Fsp3) is 0.400. The average Bonchev–Trinajstić information content (AvgIpc) is 2.66.